The van der Waals surface area contributed by atoms with E-state index >= 15 is 0 Å². The van der Waals surface area contributed by atoms with Crippen molar-refractivity contribution in [1.82, 2.24) is 23.8 Å². The van der Waals surface area contributed by atoms with Crippen LogP contribution in [-0.2, 0) is 27.1 Å². The number of benzene rings is 1. The van der Waals surface area contributed by atoms with Gasteiger partial charge in [0.15, 0.2) is 0 Å². The third kappa shape index (κ3) is 4.11. The summed E-state index contributed by atoms with van der Waals surface area (Å²) < 4.78 is 55.4. The van der Waals surface area contributed by atoms with Gasteiger partial charge in [-0.2, -0.15) is 4.31 Å². The number of aryl methyl sites for hydroxylation is 1. The highest BCUT2D eigenvalue weighted by molar-refractivity contribution is 7.89. The monoisotopic (exact) mass is 401 g/mol. The van der Waals surface area contributed by atoms with Gasteiger partial charge in [-0.05, 0) is 31.2 Å². The Morgan fingerprint density at radius 3 is 2.08 bits per heavy atom. The van der Waals surface area contributed by atoms with Gasteiger partial charge in [0.05, 0.1) is 15.8 Å². The van der Waals surface area contributed by atoms with Gasteiger partial charge < -0.3 is 4.57 Å². The van der Waals surface area contributed by atoms with Crippen molar-refractivity contribution in [2.45, 2.75) is 36.6 Å². The molecule has 11 heteroatoms. The number of nitrogens with one attached hydrogen (secondary N) is 1. The van der Waals surface area contributed by atoms with Crippen LogP contribution in [0.1, 0.15) is 32.6 Å². The Kier molecular flexibility index (Phi) is 6.17. The molecule has 0 spiro atoms. The Bertz CT molecular complexity index is 948. The van der Waals surface area contributed by atoms with Crippen molar-refractivity contribution >= 4 is 20.0 Å². The quantitative estimate of drug-likeness (QED) is 0.702. The molecular formula is C15H23N5O4S2. The third-order valence-electron chi connectivity index (χ3n) is 3.94. The Labute approximate surface area is 154 Å². The molecule has 0 aliphatic heterocycles. The summed E-state index contributed by atoms with van der Waals surface area (Å²) in [6.07, 6.45) is 1.48. The van der Waals surface area contributed by atoms with Crippen LogP contribution in [0.5, 0.6) is 0 Å². The molecule has 0 radical (unpaired) electrons. The number of sulfonamides is 2. The number of aromatic nitrogens is 3. The van der Waals surface area contributed by atoms with Crippen LogP contribution in [0.15, 0.2) is 40.4 Å². The molecule has 0 aliphatic rings. The van der Waals surface area contributed by atoms with E-state index < -0.39 is 26.1 Å². The highest BCUT2D eigenvalue weighted by Gasteiger charge is 2.24. The summed E-state index contributed by atoms with van der Waals surface area (Å²) in [6.45, 7) is 5.83. The van der Waals surface area contributed by atoms with Gasteiger partial charge in [0.1, 0.15) is 12.2 Å². The summed E-state index contributed by atoms with van der Waals surface area (Å²) in [4.78, 5) is 0.0338. The molecule has 0 saturated carbocycles. The molecule has 2 rings (SSSR count). The first-order valence-electron chi connectivity index (χ1n) is 8.10. The van der Waals surface area contributed by atoms with Crippen molar-refractivity contribution in [3.05, 3.63) is 36.4 Å². The minimum absolute atomic E-state index is 0.0231. The van der Waals surface area contributed by atoms with E-state index in [1.807, 2.05) is 0 Å². The van der Waals surface area contributed by atoms with Crippen molar-refractivity contribution in [1.29, 1.82) is 0 Å². The van der Waals surface area contributed by atoms with Crippen LogP contribution in [0, 0.1) is 0 Å². The molecule has 0 amide bonds. The lowest BCUT2D eigenvalue weighted by Gasteiger charge is -2.18. The number of nitrogens with zero attached hydrogens (tertiary/aromatic N) is 4. The van der Waals surface area contributed by atoms with Crippen molar-refractivity contribution < 1.29 is 16.8 Å². The number of rotatable bonds is 8. The molecule has 144 valence electrons. The normalized spacial score (nSPS) is 13.9. The zero-order valence-corrected chi connectivity index (χ0v) is 16.7. The van der Waals surface area contributed by atoms with Gasteiger partial charge >= 0.3 is 0 Å². The molecule has 1 atom stereocenters. The molecule has 0 fully saturated rings. The van der Waals surface area contributed by atoms with Gasteiger partial charge in [-0.1, -0.05) is 13.8 Å². The topological polar surface area (TPSA) is 114 Å². The van der Waals surface area contributed by atoms with Gasteiger partial charge in [0.25, 0.3) is 0 Å². The number of hydrogen-bond donors (Lipinski definition) is 1. The zero-order valence-electron chi connectivity index (χ0n) is 15.1. The van der Waals surface area contributed by atoms with E-state index in [4.69, 9.17) is 0 Å². The fourth-order valence-corrected chi connectivity index (χ4v) is 5.20. The van der Waals surface area contributed by atoms with Crippen LogP contribution in [-0.4, -0.2) is 49.0 Å². The lowest BCUT2D eigenvalue weighted by Crippen LogP contribution is -2.31. The van der Waals surface area contributed by atoms with Crippen LogP contribution >= 0.6 is 0 Å². The van der Waals surface area contributed by atoms with Crippen LogP contribution < -0.4 is 4.72 Å². The van der Waals surface area contributed by atoms with Gasteiger partial charge in [-0.15, -0.1) is 10.2 Å². The van der Waals surface area contributed by atoms with E-state index in [1.54, 1.807) is 32.4 Å². The lowest BCUT2D eigenvalue weighted by atomic mass is 10.3. The SMILES string of the molecule is CCN(CC)S(=O)(=O)c1ccc(S(=O)(=O)N[C@H](C)c2nncn2C)cc1. The molecule has 26 heavy (non-hydrogen) atoms. The van der Waals surface area contributed by atoms with Gasteiger partial charge in [-0.25, -0.2) is 21.6 Å². The van der Waals surface area contributed by atoms with Crippen LogP contribution in [0.25, 0.3) is 0 Å². The maximum atomic E-state index is 12.5. The van der Waals surface area contributed by atoms with E-state index in [2.05, 4.69) is 14.9 Å². The molecule has 2 aromatic rings. The molecule has 1 N–H and O–H groups in total. The highest BCUT2D eigenvalue weighted by atomic mass is 32.2. The first-order valence-corrected chi connectivity index (χ1v) is 11.0. The highest BCUT2D eigenvalue weighted by Crippen LogP contribution is 2.20. The van der Waals surface area contributed by atoms with E-state index in [-0.39, 0.29) is 9.79 Å². The molecule has 0 saturated heterocycles. The Morgan fingerprint density at radius 2 is 1.62 bits per heavy atom. The zero-order chi connectivity index (χ0) is 19.5. The summed E-state index contributed by atoms with van der Waals surface area (Å²) in [6, 6.07) is 4.57. The largest absolute Gasteiger partial charge is 0.319 e. The molecule has 1 heterocycles. The molecule has 0 bridgehead atoms. The Morgan fingerprint density at radius 1 is 1.08 bits per heavy atom. The predicted molar refractivity (Wildman–Crippen MR) is 96.3 cm³/mol. The van der Waals surface area contributed by atoms with Crippen LogP contribution in [0.4, 0.5) is 0 Å². The second-order valence-electron chi connectivity index (χ2n) is 5.70. The minimum Gasteiger partial charge on any atom is -0.319 e. The second kappa shape index (κ2) is 7.82. The minimum atomic E-state index is -3.84. The summed E-state index contributed by atoms with van der Waals surface area (Å²) >= 11 is 0. The summed E-state index contributed by atoms with van der Waals surface area (Å²) in [5.74, 6) is 0.467. The maximum absolute atomic E-state index is 12.5. The second-order valence-corrected chi connectivity index (χ2v) is 9.36. The van der Waals surface area contributed by atoms with Gasteiger partial charge in [0.2, 0.25) is 20.0 Å². The van der Waals surface area contributed by atoms with Gasteiger partial charge in [-0.3, -0.25) is 0 Å². The van der Waals surface area contributed by atoms with Gasteiger partial charge in [0, 0.05) is 20.1 Å². The summed E-state index contributed by atoms with van der Waals surface area (Å²) in [7, 11) is -5.75. The summed E-state index contributed by atoms with van der Waals surface area (Å²) in [5.41, 5.74) is 0. The standard InChI is InChI=1S/C15H23N5O4S2/c1-5-20(6-2)26(23,24)14-9-7-13(8-10-14)25(21,22)18-12(3)15-17-16-11-19(15)4/h7-12,18H,5-6H2,1-4H3/t12-/m1/s1. The lowest BCUT2D eigenvalue weighted by molar-refractivity contribution is 0.445. The van der Waals surface area contributed by atoms with Crippen molar-refractivity contribution in [2.75, 3.05) is 13.1 Å². The summed E-state index contributed by atoms with van der Waals surface area (Å²) in [5, 5.41) is 7.60. The van der Waals surface area contributed by atoms with E-state index in [0.717, 1.165) is 0 Å². The van der Waals surface area contributed by atoms with Crippen molar-refractivity contribution in [3.8, 4) is 0 Å². The van der Waals surface area contributed by atoms with Crippen molar-refractivity contribution in [3.63, 3.8) is 0 Å². The third-order valence-corrected chi connectivity index (χ3v) is 7.56. The molecule has 1 aromatic heterocycles. The first-order chi connectivity index (χ1) is 12.1. The molecule has 0 aliphatic carbocycles. The molecular weight excluding hydrogens is 378 g/mol. The smallest absolute Gasteiger partial charge is 0.243 e. The molecule has 1 aromatic carbocycles. The molecule has 0 unspecified atom stereocenters. The van der Waals surface area contributed by atoms with Crippen LogP contribution in [0.3, 0.4) is 0 Å². The number of hydrogen-bond acceptors (Lipinski definition) is 6. The van der Waals surface area contributed by atoms with Crippen LogP contribution in [0.2, 0.25) is 0 Å². The fourth-order valence-electron chi connectivity index (χ4n) is 2.54. The first kappa shape index (κ1) is 20.5. The Balaban J connectivity index is 2.25. The fraction of sp³-hybridized carbons (Fsp3) is 0.467. The molecule has 9 nitrogen and oxygen atoms in total. The Hall–Kier alpha value is -1.82. The van der Waals surface area contributed by atoms with E-state index in [0.29, 0.717) is 18.9 Å². The van der Waals surface area contributed by atoms with E-state index in [1.165, 1.54) is 34.9 Å². The van der Waals surface area contributed by atoms with Crippen molar-refractivity contribution in [2.24, 2.45) is 7.05 Å². The maximum Gasteiger partial charge on any atom is 0.243 e. The predicted octanol–water partition coefficient (Wildman–Crippen LogP) is 0.885. The van der Waals surface area contributed by atoms with E-state index in [9.17, 15) is 16.8 Å². The average molecular weight is 402 g/mol. The average Bonchev–Trinajstić information content (AvgIpc) is 3.01.